The van der Waals surface area contributed by atoms with Crippen molar-refractivity contribution in [2.75, 3.05) is 5.32 Å². The van der Waals surface area contributed by atoms with Gasteiger partial charge in [-0.15, -0.1) is 0 Å². The topological polar surface area (TPSA) is 92.5 Å². The molecule has 1 unspecified atom stereocenters. The van der Waals surface area contributed by atoms with Gasteiger partial charge in [0.1, 0.15) is 5.75 Å². The summed E-state index contributed by atoms with van der Waals surface area (Å²) in [5.74, 6) is -0.674. The Bertz CT molecular complexity index is 459. The van der Waals surface area contributed by atoms with E-state index in [0.717, 1.165) is 18.9 Å². The Hall–Kier alpha value is -2.11. The first-order valence-corrected chi connectivity index (χ1v) is 5.74. The normalized spacial score (nSPS) is 11.9. The molecule has 1 rings (SSSR count). The lowest BCUT2D eigenvalue weighted by Gasteiger charge is -2.11. The van der Waals surface area contributed by atoms with Crippen molar-refractivity contribution in [3.05, 3.63) is 28.3 Å². The van der Waals surface area contributed by atoms with Crippen LogP contribution in [0.4, 0.5) is 11.4 Å². The molecule has 1 aromatic carbocycles. The minimum atomic E-state index is -0.606. The number of amides is 1. The Balaban J connectivity index is 2.79. The number of hydrogen-bond donors (Lipinski definition) is 2. The first-order valence-electron chi connectivity index (χ1n) is 5.74. The van der Waals surface area contributed by atoms with Crippen LogP contribution in [0.2, 0.25) is 0 Å². The maximum Gasteiger partial charge on any atom is 0.273 e. The molecule has 6 nitrogen and oxygen atoms in total. The van der Waals surface area contributed by atoms with Gasteiger partial charge in [-0.3, -0.25) is 14.9 Å². The van der Waals surface area contributed by atoms with Gasteiger partial charge in [0.05, 0.1) is 16.7 Å². The number of benzene rings is 1. The van der Waals surface area contributed by atoms with Crippen LogP contribution in [0.1, 0.15) is 26.7 Å². The van der Waals surface area contributed by atoms with Crippen LogP contribution in [0.5, 0.6) is 5.75 Å². The molecule has 0 heterocycles. The van der Waals surface area contributed by atoms with Gasteiger partial charge in [-0.1, -0.05) is 20.3 Å². The summed E-state index contributed by atoms with van der Waals surface area (Å²) in [6.45, 7) is 3.77. The molecular weight excluding hydrogens is 236 g/mol. The molecule has 18 heavy (non-hydrogen) atoms. The number of anilines is 1. The number of aromatic hydroxyl groups is 1. The largest absolute Gasteiger partial charge is 0.506 e. The van der Waals surface area contributed by atoms with Crippen molar-refractivity contribution >= 4 is 17.3 Å². The van der Waals surface area contributed by atoms with Gasteiger partial charge in [0.15, 0.2) is 0 Å². The molecule has 2 N–H and O–H groups in total. The zero-order chi connectivity index (χ0) is 13.7. The van der Waals surface area contributed by atoms with Crippen molar-refractivity contribution in [3.8, 4) is 5.75 Å². The summed E-state index contributed by atoms with van der Waals surface area (Å²) in [6, 6.07) is 3.57. The van der Waals surface area contributed by atoms with Gasteiger partial charge < -0.3 is 10.4 Å². The number of nitrogens with zero attached hydrogens (tertiary/aromatic N) is 1. The van der Waals surface area contributed by atoms with E-state index in [1.54, 1.807) is 6.92 Å². The van der Waals surface area contributed by atoms with Crippen LogP contribution in [-0.4, -0.2) is 15.9 Å². The summed E-state index contributed by atoms with van der Waals surface area (Å²) in [5, 5.41) is 22.6. The lowest BCUT2D eigenvalue weighted by Crippen LogP contribution is -2.20. The standard InChI is InChI=1S/C12H16N2O4/c1-3-4-8(2)12(16)13-10-6-5-9(14(17)18)7-11(10)15/h5-8,15H,3-4H2,1-2H3,(H,13,16). The van der Waals surface area contributed by atoms with Crippen LogP contribution >= 0.6 is 0 Å². The summed E-state index contributed by atoms with van der Waals surface area (Å²) in [6.07, 6.45) is 1.64. The number of carbonyl (C=O) groups excluding carboxylic acids is 1. The predicted octanol–water partition coefficient (Wildman–Crippen LogP) is 2.68. The molecule has 1 amide bonds. The second-order valence-corrected chi connectivity index (χ2v) is 4.14. The van der Waals surface area contributed by atoms with Crippen molar-refractivity contribution in [2.45, 2.75) is 26.7 Å². The zero-order valence-corrected chi connectivity index (χ0v) is 10.3. The Morgan fingerprint density at radius 3 is 2.72 bits per heavy atom. The molecule has 98 valence electrons. The van der Waals surface area contributed by atoms with E-state index in [2.05, 4.69) is 5.32 Å². The Labute approximate surface area is 105 Å². The van der Waals surface area contributed by atoms with Crippen molar-refractivity contribution in [2.24, 2.45) is 5.92 Å². The summed E-state index contributed by atoms with van der Waals surface area (Å²) < 4.78 is 0. The molecule has 0 saturated heterocycles. The zero-order valence-electron chi connectivity index (χ0n) is 10.3. The highest BCUT2D eigenvalue weighted by molar-refractivity contribution is 5.93. The van der Waals surface area contributed by atoms with E-state index >= 15 is 0 Å². The number of phenols is 1. The number of rotatable bonds is 5. The quantitative estimate of drug-likeness (QED) is 0.478. The van der Waals surface area contributed by atoms with Crippen LogP contribution < -0.4 is 5.32 Å². The van der Waals surface area contributed by atoms with Crippen LogP contribution in [0.25, 0.3) is 0 Å². The highest BCUT2D eigenvalue weighted by Gasteiger charge is 2.15. The van der Waals surface area contributed by atoms with Gasteiger partial charge >= 0.3 is 0 Å². The molecule has 0 aromatic heterocycles. The lowest BCUT2D eigenvalue weighted by atomic mass is 10.1. The highest BCUT2D eigenvalue weighted by Crippen LogP contribution is 2.28. The van der Waals surface area contributed by atoms with Crippen LogP contribution in [0, 0.1) is 16.0 Å². The maximum absolute atomic E-state index is 11.7. The molecular formula is C12H16N2O4. The summed E-state index contributed by atoms with van der Waals surface area (Å²) >= 11 is 0. The summed E-state index contributed by atoms with van der Waals surface area (Å²) in [7, 11) is 0. The molecule has 0 aliphatic rings. The van der Waals surface area contributed by atoms with E-state index in [4.69, 9.17) is 0 Å². The molecule has 0 aliphatic heterocycles. The second-order valence-electron chi connectivity index (χ2n) is 4.14. The fourth-order valence-electron chi connectivity index (χ4n) is 1.56. The average molecular weight is 252 g/mol. The van der Waals surface area contributed by atoms with E-state index in [1.807, 2.05) is 6.92 Å². The lowest BCUT2D eigenvalue weighted by molar-refractivity contribution is -0.384. The molecule has 0 bridgehead atoms. The predicted molar refractivity (Wildman–Crippen MR) is 67.5 cm³/mol. The number of carbonyl (C=O) groups is 1. The number of nitro groups is 1. The van der Waals surface area contributed by atoms with Gasteiger partial charge in [-0.25, -0.2) is 0 Å². The van der Waals surface area contributed by atoms with Gasteiger partial charge in [0.2, 0.25) is 5.91 Å². The minimum absolute atomic E-state index is 0.162. The monoisotopic (exact) mass is 252 g/mol. The first-order chi connectivity index (χ1) is 8.45. The molecule has 0 spiro atoms. The Morgan fingerprint density at radius 1 is 1.56 bits per heavy atom. The van der Waals surface area contributed by atoms with E-state index in [-0.39, 0.29) is 28.9 Å². The number of nitrogens with one attached hydrogen (secondary N) is 1. The van der Waals surface area contributed by atoms with Gasteiger partial charge in [-0.05, 0) is 12.5 Å². The molecule has 0 fully saturated rings. The fourth-order valence-corrected chi connectivity index (χ4v) is 1.56. The fraction of sp³-hybridized carbons (Fsp3) is 0.417. The first kappa shape index (κ1) is 14.0. The van der Waals surface area contributed by atoms with Crippen molar-refractivity contribution in [1.82, 2.24) is 0 Å². The third-order valence-corrected chi connectivity index (χ3v) is 2.62. The molecule has 0 aliphatic carbocycles. The molecule has 0 saturated carbocycles. The third kappa shape index (κ3) is 3.44. The smallest absolute Gasteiger partial charge is 0.273 e. The van der Waals surface area contributed by atoms with Gasteiger partial charge in [-0.2, -0.15) is 0 Å². The van der Waals surface area contributed by atoms with Crippen LogP contribution in [0.3, 0.4) is 0 Å². The molecule has 6 heteroatoms. The highest BCUT2D eigenvalue weighted by atomic mass is 16.6. The van der Waals surface area contributed by atoms with Gasteiger partial charge in [0.25, 0.3) is 5.69 Å². The van der Waals surface area contributed by atoms with Gasteiger partial charge in [0, 0.05) is 12.0 Å². The SMILES string of the molecule is CCCC(C)C(=O)Nc1ccc([N+](=O)[O-])cc1O. The number of hydrogen-bond acceptors (Lipinski definition) is 4. The van der Waals surface area contributed by atoms with Crippen molar-refractivity contribution in [1.29, 1.82) is 0 Å². The third-order valence-electron chi connectivity index (χ3n) is 2.62. The Kier molecular flexibility index (Phi) is 4.65. The number of phenolic OH excluding ortho intramolecular Hbond substituents is 1. The van der Waals surface area contributed by atoms with Crippen LogP contribution in [-0.2, 0) is 4.79 Å². The molecule has 1 atom stereocenters. The summed E-state index contributed by atoms with van der Waals surface area (Å²) in [5.41, 5.74) is -0.0272. The summed E-state index contributed by atoms with van der Waals surface area (Å²) in [4.78, 5) is 21.6. The van der Waals surface area contributed by atoms with E-state index in [1.165, 1.54) is 12.1 Å². The van der Waals surface area contributed by atoms with Crippen molar-refractivity contribution in [3.63, 3.8) is 0 Å². The van der Waals surface area contributed by atoms with E-state index in [0.29, 0.717) is 0 Å². The van der Waals surface area contributed by atoms with E-state index in [9.17, 15) is 20.0 Å². The number of nitro benzene ring substituents is 1. The van der Waals surface area contributed by atoms with E-state index < -0.39 is 4.92 Å². The molecule has 0 radical (unpaired) electrons. The second kappa shape index (κ2) is 6.00. The Morgan fingerprint density at radius 2 is 2.22 bits per heavy atom. The average Bonchev–Trinajstić information content (AvgIpc) is 2.31. The molecule has 1 aromatic rings. The van der Waals surface area contributed by atoms with Crippen LogP contribution in [0.15, 0.2) is 18.2 Å². The van der Waals surface area contributed by atoms with Crippen molar-refractivity contribution < 1.29 is 14.8 Å². The maximum atomic E-state index is 11.7. The number of non-ortho nitro benzene ring substituents is 1. The minimum Gasteiger partial charge on any atom is -0.506 e.